The fourth-order valence-electron chi connectivity index (χ4n) is 4.15. The third-order valence-corrected chi connectivity index (χ3v) is 5.64. The molecule has 6 nitrogen and oxygen atoms in total. The normalized spacial score (nSPS) is 19.8. The van der Waals surface area contributed by atoms with E-state index in [1.165, 1.54) is 4.90 Å². The number of aromatic nitrogens is 1. The summed E-state index contributed by atoms with van der Waals surface area (Å²) in [5.74, 6) is -0.924. The van der Waals surface area contributed by atoms with E-state index < -0.39 is 12.0 Å². The van der Waals surface area contributed by atoms with Crippen LogP contribution in [0.4, 0.5) is 0 Å². The number of carbonyl (C=O) groups is 2. The highest BCUT2D eigenvalue weighted by molar-refractivity contribution is 5.95. The van der Waals surface area contributed by atoms with Crippen molar-refractivity contribution >= 4 is 33.7 Å². The van der Waals surface area contributed by atoms with Crippen LogP contribution in [-0.2, 0) is 16.1 Å². The van der Waals surface area contributed by atoms with Crippen LogP contribution in [0.2, 0.25) is 0 Å². The van der Waals surface area contributed by atoms with Crippen molar-refractivity contribution in [1.29, 1.82) is 0 Å². The van der Waals surface area contributed by atoms with E-state index in [2.05, 4.69) is 0 Å². The van der Waals surface area contributed by atoms with Crippen molar-refractivity contribution in [3.05, 3.63) is 58.8 Å². The van der Waals surface area contributed by atoms with Crippen molar-refractivity contribution in [1.82, 2.24) is 9.47 Å². The number of benzene rings is 2. The molecule has 0 bridgehead atoms. The molecule has 1 saturated heterocycles. The molecule has 0 spiro atoms. The topological polar surface area (TPSA) is 79.6 Å². The van der Waals surface area contributed by atoms with Gasteiger partial charge >= 0.3 is 5.97 Å². The SMILES string of the molecule is CC1CCN(C(=O)Cn2c3ccccc3c(=O)c3ccccc32)C(C(=O)O)C1. The van der Waals surface area contributed by atoms with Crippen LogP contribution in [0.15, 0.2) is 53.3 Å². The van der Waals surface area contributed by atoms with Crippen LogP contribution < -0.4 is 5.43 Å². The van der Waals surface area contributed by atoms with E-state index in [1.807, 2.05) is 35.8 Å². The van der Waals surface area contributed by atoms with Gasteiger partial charge in [0.05, 0.1) is 11.0 Å². The molecule has 2 aromatic carbocycles. The van der Waals surface area contributed by atoms with E-state index in [0.717, 1.165) is 6.42 Å². The predicted octanol–water partition coefficient (Wildman–Crippen LogP) is 2.87. The Labute approximate surface area is 162 Å². The zero-order valence-electron chi connectivity index (χ0n) is 15.7. The number of amides is 1. The number of carboxylic acid groups (broad SMARTS) is 1. The molecule has 2 atom stereocenters. The van der Waals surface area contributed by atoms with E-state index in [-0.39, 0.29) is 23.8 Å². The van der Waals surface area contributed by atoms with Gasteiger partial charge in [0.1, 0.15) is 12.6 Å². The van der Waals surface area contributed by atoms with E-state index in [4.69, 9.17) is 0 Å². The first-order valence-electron chi connectivity index (χ1n) is 9.50. The average Bonchev–Trinajstić information content (AvgIpc) is 2.71. The van der Waals surface area contributed by atoms with E-state index >= 15 is 0 Å². The van der Waals surface area contributed by atoms with Gasteiger partial charge in [0.25, 0.3) is 0 Å². The van der Waals surface area contributed by atoms with Crippen LogP contribution >= 0.6 is 0 Å². The molecule has 1 N–H and O–H groups in total. The third-order valence-electron chi connectivity index (χ3n) is 5.64. The molecule has 1 aliphatic heterocycles. The molecule has 4 rings (SSSR count). The van der Waals surface area contributed by atoms with Crippen LogP contribution in [0.25, 0.3) is 21.8 Å². The average molecular weight is 378 g/mol. The molecule has 0 radical (unpaired) electrons. The predicted molar refractivity (Wildman–Crippen MR) is 107 cm³/mol. The van der Waals surface area contributed by atoms with Crippen LogP contribution in [0, 0.1) is 5.92 Å². The summed E-state index contributed by atoms with van der Waals surface area (Å²) < 4.78 is 1.82. The van der Waals surface area contributed by atoms with Crippen molar-refractivity contribution in [2.45, 2.75) is 32.4 Å². The molecule has 1 fully saturated rings. The highest BCUT2D eigenvalue weighted by Crippen LogP contribution is 2.24. The number of para-hydroxylation sites is 2. The van der Waals surface area contributed by atoms with Gasteiger partial charge in [-0.15, -0.1) is 0 Å². The molecule has 0 aliphatic carbocycles. The van der Waals surface area contributed by atoms with E-state index in [0.29, 0.717) is 34.8 Å². The van der Waals surface area contributed by atoms with Crippen molar-refractivity contribution in [2.24, 2.45) is 5.92 Å². The summed E-state index contributed by atoms with van der Waals surface area (Å²) in [4.78, 5) is 39.1. The highest BCUT2D eigenvalue weighted by Gasteiger charge is 2.34. The maximum atomic E-state index is 13.1. The first kappa shape index (κ1) is 18.2. The van der Waals surface area contributed by atoms with Crippen molar-refractivity contribution in [2.75, 3.05) is 6.54 Å². The van der Waals surface area contributed by atoms with Crippen LogP contribution in [0.5, 0.6) is 0 Å². The molecular formula is C22H22N2O4. The molecule has 28 heavy (non-hydrogen) atoms. The molecule has 3 aromatic rings. The lowest BCUT2D eigenvalue weighted by molar-refractivity contribution is -0.153. The third kappa shape index (κ3) is 3.05. The zero-order valence-corrected chi connectivity index (χ0v) is 15.7. The number of hydrogen-bond donors (Lipinski definition) is 1. The molecule has 2 unspecified atom stereocenters. The summed E-state index contributed by atoms with van der Waals surface area (Å²) in [6.07, 6.45) is 1.26. The fourth-order valence-corrected chi connectivity index (χ4v) is 4.15. The van der Waals surface area contributed by atoms with E-state index in [1.54, 1.807) is 24.3 Å². The number of fused-ring (bicyclic) bond motifs is 2. The van der Waals surface area contributed by atoms with Crippen molar-refractivity contribution < 1.29 is 14.7 Å². The minimum atomic E-state index is -0.963. The lowest BCUT2D eigenvalue weighted by atomic mass is 9.92. The van der Waals surface area contributed by atoms with E-state index in [9.17, 15) is 19.5 Å². The lowest BCUT2D eigenvalue weighted by Crippen LogP contribution is -2.50. The number of carboxylic acids is 1. The summed E-state index contributed by atoms with van der Waals surface area (Å²) in [6.45, 7) is 2.45. The number of carbonyl (C=O) groups excluding carboxylic acids is 1. The molecule has 2 heterocycles. The number of aliphatic carboxylic acids is 1. The fraction of sp³-hybridized carbons (Fsp3) is 0.318. The van der Waals surface area contributed by atoms with Gasteiger partial charge in [-0.1, -0.05) is 31.2 Å². The number of piperidine rings is 1. The molecular weight excluding hydrogens is 356 g/mol. The van der Waals surface area contributed by atoms with Crippen molar-refractivity contribution in [3.63, 3.8) is 0 Å². The Balaban J connectivity index is 1.81. The van der Waals surface area contributed by atoms with Crippen LogP contribution in [-0.4, -0.2) is 39.0 Å². The summed E-state index contributed by atoms with van der Waals surface area (Å²) in [7, 11) is 0. The largest absolute Gasteiger partial charge is 0.480 e. The molecule has 0 saturated carbocycles. The van der Waals surface area contributed by atoms with Gasteiger partial charge in [-0.2, -0.15) is 0 Å². The first-order chi connectivity index (χ1) is 13.5. The summed E-state index contributed by atoms with van der Waals surface area (Å²) >= 11 is 0. The monoisotopic (exact) mass is 378 g/mol. The van der Waals surface area contributed by atoms with Gasteiger partial charge in [-0.05, 0) is 43.0 Å². The van der Waals surface area contributed by atoms with Gasteiger partial charge < -0.3 is 14.6 Å². The number of nitrogens with zero attached hydrogens (tertiary/aromatic N) is 2. The van der Waals surface area contributed by atoms with Gasteiger partial charge in [0.2, 0.25) is 5.91 Å². The minimum absolute atomic E-state index is 0.000528. The Kier molecular flexibility index (Phi) is 4.63. The lowest BCUT2D eigenvalue weighted by Gasteiger charge is -2.36. The molecule has 6 heteroatoms. The Hall–Kier alpha value is -3.15. The Morgan fingerprint density at radius 1 is 1.04 bits per heavy atom. The summed E-state index contributed by atoms with van der Waals surface area (Å²) in [5, 5.41) is 10.7. The number of likely N-dealkylation sites (tertiary alicyclic amines) is 1. The van der Waals surface area contributed by atoms with Gasteiger partial charge in [0, 0.05) is 17.3 Å². The van der Waals surface area contributed by atoms with Gasteiger partial charge in [-0.3, -0.25) is 9.59 Å². The smallest absolute Gasteiger partial charge is 0.326 e. The maximum absolute atomic E-state index is 13.1. The number of rotatable bonds is 3. The summed E-state index contributed by atoms with van der Waals surface area (Å²) in [6, 6.07) is 13.6. The zero-order chi connectivity index (χ0) is 19.8. The molecule has 1 aromatic heterocycles. The molecule has 1 aliphatic rings. The molecule has 1 amide bonds. The Bertz CT molecular complexity index is 1070. The van der Waals surface area contributed by atoms with Gasteiger partial charge in [-0.25, -0.2) is 4.79 Å². The highest BCUT2D eigenvalue weighted by atomic mass is 16.4. The second kappa shape index (κ2) is 7.11. The maximum Gasteiger partial charge on any atom is 0.326 e. The Morgan fingerprint density at radius 2 is 1.61 bits per heavy atom. The standard InChI is InChI=1S/C22H22N2O4/c1-14-10-11-23(19(12-14)22(27)28)20(25)13-24-17-8-4-2-6-15(17)21(26)16-7-3-5-9-18(16)24/h2-9,14,19H,10-13H2,1H3,(H,27,28). The summed E-state index contributed by atoms with van der Waals surface area (Å²) in [5.41, 5.74) is 1.29. The van der Waals surface area contributed by atoms with Crippen LogP contribution in [0.3, 0.4) is 0 Å². The first-order valence-corrected chi connectivity index (χ1v) is 9.50. The van der Waals surface area contributed by atoms with Crippen LogP contribution in [0.1, 0.15) is 19.8 Å². The second-order valence-corrected chi connectivity index (χ2v) is 7.52. The van der Waals surface area contributed by atoms with Crippen molar-refractivity contribution in [3.8, 4) is 0 Å². The van der Waals surface area contributed by atoms with Gasteiger partial charge in [0.15, 0.2) is 5.43 Å². The number of hydrogen-bond acceptors (Lipinski definition) is 3. The number of pyridine rings is 1. The molecule has 144 valence electrons. The minimum Gasteiger partial charge on any atom is -0.480 e. The quantitative estimate of drug-likeness (QED) is 0.711. The second-order valence-electron chi connectivity index (χ2n) is 7.52. The Morgan fingerprint density at radius 3 is 2.18 bits per heavy atom.